The number of rotatable bonds is 5. The van der Waals surface area contributed by atoms with Gasteiger partial charge in [0.15, 0.2) is 5.82 Å². The van der Waals surface area contributed by atoms with E-state index in [1.807, 2.05) is 16.8 Å². The van der Waals surface area contributed by atoms with Gasteiger partial charge in [-0.25, -0.2) is 9.07 Å². The lowest BCUT2D eigenvalue weighted by Crippen LogP contribution is -2.51. The molecule has 0 bridgehead atoms. The molecule has 0 unspecified atom stereocenters. The van der Waals surface area contributed by atoms with Gasteiger partial charge in [0.1, 0.15) is 11.9 Å². The summed E-state index contributed by atoms with van der Waals surface area (Å²) in [7, 11) is 0. The highest BCUT2D eigenvalue weighted by molar-refractivity contribution is 5.27. The molecule has 1 saturated heterocycles. The molecule has 2 aromatic rings. The maximum Gasteiger partial charge on any atom is 0.173 e. The van der Waals surface area contributed by atoms with Gasteiger partial charge in [0.25, 0.3) is 0 Å². The van der Waals surface area contributed by atoms with Crippen molar-refractivity contribution >= 4 is 0 Å². The van der Waals surface area contributed by atoms with Gasteiger partial charge in [0.2, 0.25) is 0 Å². The molecule has 0 amide bonds. The van der Waals surface area contributed by atoms with Gasteiger partial charge in [-0.15, -0.1) is 5.10 Å². The zero-order valence-electron chi connectivity index (χ0n) is 17.8. The van der Waals surface area contributed by atoms with Gasteiger partial charge in [0.05, 0.1) is 6.04 Å². The van der Waals surface area contributed by atoms with Crippen molar-refractivity contribution in [2.45, 2.75) is 75.9 Å². The Hall–Kier alpha value is -1.86. The van der Waals surface area contributed by atoms with Crippen molar-refractivity contribution in [2.24, 2.45) is 0 Å². The molecule has 2 heterocycles. The molecule has 30 heavy (non-hydrogen) atoms. The molecule has 1 aromatic heterocycles. The first-order valence-corrected chi connectivity index (χ1v) is 11.8. The number of halogens is 1. The van der Waals surface area contributed by atoms with E-state index in [1.54, 1.807) is 12.1 Å². The molecule has 0 N–H and O–H groups in total. The van der Waals surface area contributed by atoms with Crippen LogP contribution in [-0.4, -0.2) is 62.2 Å². The fourth-order valence-corrected chi connectivity index (χ4v) is 5.79. The summed E-state index contributed by atoms with van der Waals surface area (Å²) in [5.41, 5.74) is 0.693. The van der Waals surface area contributed by atoms with Crippen molar-refractivity contribution in [2.75, 3.05) is 26.2 Å². The number of piperazine rings is 1. The molecule has 1 aromatic carbocycles. The van der Waals surface area contributed by atoms with E-state index in [4.69, 9.17) is 0 Å². The second kappa shape index (κ2) is 9.10. The molecule has 3 fully saturated rings. The van der Waals surface area contributed by atoms with Gasteiger partial charge in [-0.05, 0) is 42.2 Å². The van der Waals surface area contributed by atoms with Crippen molar-refractivity contribution in [3.8, 4) is 0 Å². The molecule has 6 nitrogen and oxygen atoms in total. The van der Waals surface area contributed by atoms with Gasteiger partial charge in [-0.2, -0.15) is 0 Å². The van der Waals surface area contributed by atoms with Gasteiger partial charge in [-0.1, -0.05) is 50.3 Å². The zero-order chi connectivity index (χ0) is 20.3. The van der Waals surface area contributed by atoms with E-state index in [0.29, 0.717) is 11.6 Å². The van der Waals surface area contributed by atoms with Crippen LogP contribution in [0.25, 0.3) is 0 Å². The Bertz CT molecular complexity index is 819. The summed E-state index contributed by atoms with van der Waals surface area (Å²) in [6, 6.07) is 8.00. The highest BCUT2D eigenvalue weighted by atomic mass is 19.1. The van der Waals surface area contributed by atoms with Crippen LogP contribution in [0.2, 0.25) is 0 Å². The van der Waals surface area contributed by atoms with E-state index in [1.165, 1.54) is 44.9 Å². The van der Waals surface area contributed by atoms with E-state index in [9.17, 15) is 4.39 Å². The van der Waals surface area contributed by atoms with E-state index in [0.717, 1.165) is 50.9 Å². The Balaban J connectivity index is 1.43. The summed E-state index contributed by atoms with van der Waals surface area (Å²) in [5, 5.41) is 12.9. The second-order valence-electron chi connectivity index (χ2n) is 9.21. The van der Waals surface area contributed by atoms with Crippen molar-refractivity contribution in [3.05, 3.63) is 41.5 Å². The molecule has 3 aliphatic rings. The molecule has 1 atom stereocenters. The predicted octanol–water partition coefficient (Wildman–Crippen LogP) is 3.97. The molecule has 1 aliphatic heterocycles. The maximum atomic E-state index is 15.0. The second-order valence-corrected chi connectivity index (χ2v) is 9.21. The molecular weight excluding hydrogens is 379 g/mol. The van der Waals surface area contributed by atoms with Crippen LogP contribution >= 0.6 is 0 Å². The quantitative estimate of drug-likeness (QED) is 0.744. The summed E-state index contributed by atoms with van der Waals surface area (Å²) >= 11 is 0. The summed E-state index contributed by atoms with van der Waals surface area (Å²) in [6.07, 6.45) is 11.3. The lowest BCUT2D eigenvalue weighted by atomic mass is 9.95. The van der Waals surface area contributed by atoms with Crippen LogP contribution in [-0.2, 0) is 0 Å². The molecule has 0 spiro atoms. The van der Waals surface area contributed by atoms with Crippen LogP contribution in [0.3, 0.4) is 0 Å². The van der Waals surface area contributed by atoms with Gasteiger partial charge in [0, 0.05) is 37.8 Å². The molecule has 5 rings (SSSR count). The molecular formula is C23H33FN6. The third-order valence-corrected chi connectivity index (χ3v) is 7.44. The average Bonchev–Trinajstić information content (AvgIpc) is 3.49. The number of hydrogen-bond acceptors (Lipinski definition) is 5. The topological polar surface area (TPSA) is 50.1 Å². The monoisotopic (exact) mass is 412 g/mol. The van der Waals surface area contributed by atoms with Crippen LogP contribution in [0, 0.1) is 5.82 Å². The van der Waals surface area contributed by atoms with Crippen molar-refractivity contribution < 1.29 is 4.39 Å². The van der Waals surface area contributed by atoms with Gasteiger partial charge in [-0.3, -0.25) is 9.80 Å². The van der Waals surface area contributed by atoms with E-state index in [-0.39, 0.29) is 11.9 Å². The fourth-order valence-electron chi connectivity index (χ4n) is 5.79. The third-order valence-electron chi connectivity index (χ3n) is 7.44. The smallest absolute Gasteiger partial charge is 0.173 e. The minimum Gasteiger partial charge on any atom is -0.298 e. The number of nitrogens with zero attached hydrogens (tertiary/aromatic N) is 6. The summed E-state index contributed by atoms with van der Waals surface area (Å²) in [4.78, 5) is 5.04. The van der Waals surface area contributed by atoms with E-state index >= 15 is 0 Å². The maximum absolute atomic E-state index is 15.0. The Morgan fingerprint density at radius 2 is 1.50 bits per heavy atom. The van der Waals surface area contributed by atoms with E-state index in [2.05, 4.69) is 25.3 Å². The predicted molar refractivity (Wildman–Crippen MR) is 114 cm³/mol. The third kappa shape index (κ3) is 4.02. The highest BCUT2D eigenvalue weighted by Crippen LogP contribution is 2.35. The minimum absolute atomic E-state index is 0.168. The van der Waals surface area contributed by atoms with Gasteiger partial charge < -0.3 is 0 Å². The van der Waals surface area contributed by atoms with Crippen LogP contribution in [0.5, 0.6) is 0 Å². The number of benzene rings is 1. The zero-order valence-corrected chi connectivity index (χ0v) is 17.8. The minimum atomic E-state index is -0.228. The molecule has 7 heteroatoms. The summed E-state index contributed by atoms with van der Waals surface area (Å²) < 4.78 is 17.0. The van der Waals surface area contributed by atoms with Crippen molar-refractivity contribution in [3.63, 3.8) is 0 Å². The van der Waals surface area contributed by atoms with E-state index < -0.39 is 0 Å². The summed E-state index contributed by atoms with van der Waals surface area (Å²) in [5.74, 6) is 0.639. The van der Waals surface area contributed by atoms with Crippen LogP contribution < -0.4 is 0 Å². The van der Waals surface area contributed by atoms with Crippen LogP contribution in [0.15, 0.2) is 24.3 Å². The average molecular weight is 413 g/mol. The molecule has 2 aliphatic carbocycles. The standard InChI is InChI=1S/C23H33FN6/c24-21-13-7-6-12-20(21)22(23-25-26-27-30(23)19-10-2-1-3-11-19)29-16-14-28(15-17-29)18-8-4-5-9-18/h6-7,12-13,18-19,22H,1-5,8-11,14-17H2/t22-/m0/s1. The van der Waals surface area contributed by atoms with Crippen LogP contribution in [0.1, 0.15) is 81.3 Å². The molecule has 0 radical (unpaired) electrons. The molecule has 162 valence electrons. The number of aromatic nitrogens is 4. The lowest BCUT2D eigenvalue weighted by molar-refractivity contribution is 0.0751. The Morgan fingerprint density at radius 3 is 2.23 bits per heavy atom. The first kappa shape index (κ1) is 20.1. The largest absolute Gasteiger partial charge is 0.298 e. The fraction of sp³-hybridized carbons (Fsp3) is 0.696. The molecule has 2 saturated carbocycles. The first-order chi connectivity index (χ1) is 14.8. The normalized spacial score (nSPS) is 23.8. The summed E-state index contributed by atoms with van der Waals surface area (Å²) in [6.45, 7) is 3.93. The van der Waals surface area contributed by atoms with Gasteiger partial charge >= 0.3 is 0 Å². The van der Waals surface area contributed by atoms with Crippen molar-refractivity contribution in [1.82, 2.24) is 30.0 Å². The Labute approximate surface area is 178 Å². The number of tetrazole rings is 1. The lowest BCUT2D eigenvalue weighted by Gasteiger charge is -2.41. The Kier molecular flexibility index (Phi) is 6.09. The SMILES string of the molecule is Fc1ccccc1[C@@H](c1nnnn1C1CCCCC1)N1CCN(C2CCCC2)CC1. The highest BCUT2D eigenvalue weighted by Gasteiger charge is 2.35. The Morgan fingerprint density at radius 1 is 0.833 bits per heavy atom. The van der Waals surface area contributed by atoms with Crippen LogP contribution in [0.4, 0.5) is 4.39 Å². The van der Waals surface area contributed by atoms with Crippen molar-refractivity contribution in [1.29, 1.82) is 0 Å². The first-order valence-electron chi connectivity index (χ1n) is 11.8. The number of hydrogen-bond donors (Lipinski definition) is 0.